The van der Waals surface area contributed by atoms with Crippen LogP contribution in [0.25, 0.3) is 0 Å². The quantitative estimate of drug-likeness (QED) is 0.898. The zero-order valence-corrected chi connectivity index (χ0v) is 13.8. The number of rotatable bonds is 5. The zero-order valence-electron chi connectivity index (χ0n) is 12.3. The lowest BCUT2D eigenvalue weighted by Gasteiger charge is -2.18. The lowest BCUT2D eigenvalue weighted by Crippen LogP contribution is -2.24. The van der Waals surface area contributed by atoms with Crippen molar-refractivity contribution in [2.45, 2.75) is 13.8 Å². The number of carbonyl (C=O) groups excluding carboxylic acids is 1. The van der Waals surface area contributed by atoms with Gasteiger partial charge in [0.05, 0.1) is 10.7 Å². The first kappa shape index (κ1) is 16.5. The van der Waals surface area contributed by atoms with Crippen molar-refractivity contribution >= 4 is 40.6 Å². The summed E-state index contributed by atoms with van der Waals surface area (Å²) in [5, 5.41) is 11.6. The van der Waals surface area contributed by atoms with Crippen LogP contribution in [0.3, 0.4) is 0 Å². The largest absolute Gasteiger partial charge is 0.356 e. The van der Waals surface area contributed by atoms with Gasteiger partial charge < -0.3 is 10.2 Å². The molecule has 2 rings (SSSR count). The van der Waals surface area contributed by atoms with Crippen LogP contribution in [-0.2, 0) is 0 Å². The Kier molecular flexibility index (Phi) is 5.57. The summed E-state index contributed by atoms with van der Waals surface area (Å²) in [6.45, 7) is 5.73. The number of hydrogen-bond acceptors (Lipinski definition) is 4. The minimum absolute atomic E-state index is 0.215. The molecule has 116 valence electrons. The van der Waals surface area contributed by atoms with Crippen LogP contribution in [0.4, 0.5) is 11.5 Å². The van der Waals surface area contributed by atoms with E-state index in [1.165, 1.54) is 0 Å². The molecule has 0 radical (unpaired) electrons. The molecule has 0 spiro atoms. The van der Waals surface area contributed by atoms with E-state index in [1.54, 1.807) is 30.3 Å². The van der Waals surface area contributed by atoms with Gasteiger partial charge >= 0.3 is 0 Å². The highest BCUT2D eigenvalue weighted by atomic mass is 35.5. The molecule has 0 saturated carbocycles. The standard InChI is InChI=1S/C15H16Cl2N4O/c1-3-21(4-2)14-8-7-12(19-20-14)15(22)18-13-9-10(16)5-6-11(13)17/h5-9H,3-4H2,1-2H3,(H,18,22). The molecule has 0 atom stereocenters. The minimum Gasteiger partial charge on any atom is -0.356 e. The fraction of sp³-hybridized carbons (Fsp3) is 0.267. The van der Waals surface area contributed by atoms with Crippen LogP contribution in [0.2, 0.25) is 10.0 Å². The van der Waals surface area contributed by atoms with Crippen LogP contribution < -0.4 is 10.2 Å². The molecule has 22 heavy (non-hydrogen) atoms. The summed E-state index contributed by atoms with van der Waals surface area (Å²) in [6.07, 6.45) is 0. The summed E-state index contributed by atoms with van der Waals surface area (Å²) >= 11 is 11.9. The Morgan fingerprint density at radius 1 is 1.14 bits per heavy atom. The molecule has 1 amide bonds. The summed E-state index contributed by atoms with van der Waals surface area (Å²) in [6, 6.07) is 8.26. The molecule has 5 nitrogen and oxygen atoms in total. The van der Waals surface area contributed by atoms with Gasteiger partial charge in [-0.1, -0.05) is 23.2 Å². The van der Waals surface area contributed by atoms with Gasteiger partial charge in [-0.3, -0.25) is 4.79 Å². The van der Waals surface area contributed by atoms with E-state index in [0.29, 0.717) is 15.7 Å². The van der Waals surface area contributed by atoms with E-state index in [1.807, 2.05) is 18.7 Å². The molecule has 0 fully saturated rings. The summed E-state index contributed by atoms with van der Waals surface area (Å²) in [7, 11) is 0. The van der Waals surface area contributed by atoms with Crippen molar-refractivity contribution in [3.63, 3.8) is 0 Å². The van der Waals surface area contributed by atoms with E-state index in [2.05, 4.69) is 15.5 Å². The van der Waals surface area contributed by atoms with Crippen LogP contribution in [0.15, 0.2) is 30.3 Å². The van der Waals surface area contributed by atoms with Gasteiger partial charge in [0.2, 0.25) is 0 Å². The number of benzene rings is 1. The van der Waals surface area contributed by atoms with Crippen molar-refractivity contribution in [1.82, 2.24) is 10.2 Å². The van der Waals surface area contributed by atoms with E-state index in [4.69, 9.17) is 23.2 Å². The molecular formula is C15H16Cl2N4O. The Bertz CT molecular complexity index is 657. The van der Waals surface area contributed by atoms with Crippen molar-refractivity contribution in [2.24, 2.45) is 0 Å². The number of hydrogen-bond donors (Lipinski definition) is 1. The topological polar surface area (TPSA) is 58.1 Å². The van der Waals surface area contributed by atoms with Crippen LogP contribution in [0.5, 0.6) is 0 Å². The van der Waals surface area contributed by atoms with E-state index < -0.39 is 0 Å². The molecule has 0 aliphatic rings. The molecule has 1 aromatic heterocycles. The lowest BCUT2D eigenvalue weighted by atomic mass is 10.3. The van der Waals surface area contributed by atoms with Gasteiger partial charge in [0.25, 0.3) is 5.91 Å². The first-order valence-corrected chi connectivity index (χ1v) is 7.65. The van der Waals surface area contributed by atoms with Crippen LogP contribution in [-0.4, -0.2) is 29.2 Å². The maximum absolute atomic E-state index is 12.2. The Morgan fingerprint density at radius 2 is 1.86 bits per heavy atom. The number of nitrogens with zero attached hydrogens (tertiary/aromatic N) is 3. The zero-order chi connectivity index (χ0) is 16.1. The van der Waals surface area contributed by atoms with Crippen molar-refractivity contribution in [3.8, 4) is 0 Å². The second-order valence-electron chi connectivity index (χ2n) is 4.53. The smallest absolute Gasteiger partial charge is 0.276 e. The molecule has 0 aliphatic heterocycles. The molecule has 0 unspecified atom stereocenters. The first-order valence-electron chi connectivity index (χ1n) is 6.90. The van der Waals surface area contributed by atoms with Gasteiger partial charge in [-0.05, 0) is 44.2 Å². The first-order chi connectivity index (χ1) is 10.5. The van der Waals surface area contributed by atoms with Gasteiger partial charge in [-0.2, -0.15) is 0 Å². The van der Waals surface area contributed by atoms with Gasteiger partial charge in [-0.15, -0.1) is 10.2 Å². The molecule has 7 heteroatoms. The predicted octanol–water partition coefficient (Wildman–Crippen LogP) is 3.88. The van der Waals surface area contributed by atoms with Gasteiger partial charge in [-0.25, -0.2) is 0 Å². The fourth-order valence-corrected chi connectivity index (χ4v) is 2.28. The fourth-order valence-electron chi connectivity index (χ4n) is 1.94. The summed E-state index contributed by atoms with van der Waals surface area (Å²) in [5.41, 5.74) is 0.653. The summed E-state index contributed by atoms with van der Waals surface area (Å²) < 4.78 is 0. The van der Waals surface area contributed by atoms with Crippen molar-refractivity contribution in [2.75, 3.05) is 23.3 Å². The highest BCUT2D eigenvalue weighted by molar-refractivity contribution is 6.35. The Balaban J connectivity index is 2.14. The Morgan fingerprint density at radius 3 is 2.45 bits per heavy atom. The Hall–Kier alpha value is -1.85. The predicted molar refractivity (Wildman–Crippen MR) is 90.0 cm³/mol. The van der Waals surface area contributed by atoms with Crippen LogP contribution in [0.1, 0.15) is 24.3 Å². The second-order valence-corrected chi connectivity index (χ2v) is 5.37. The summed E-state index contributed by atoms with van der Waals surface area (Å²) in [4.78, 5) is 14.2. The number of carbonyl (C=O) groups is 1. The third-order valence-electron chi connectivity index (χ3n) is 3.15. The van der Waals surface area contributed by atoms with Crippen molar-refractivity contribution < 1.29 is 4.79 Å². The normalized spacial score (nSPS) is 10.4. The molecule has 1 heterocycles. The monoisotopic (exact) mass is 338 g/mol. The van der Waals surface area contributed by atoms with Crippen LogP contribution in [0, 0.1) is 0 Å². The SMILES string of the molecule is CCN(CC)c1ccc(C(=O)Nc2cc(Cl)ccc2Cl)nn1. The van der Waals surface area contributed by atoms with Crippen molar-refractivity contribution in [3.05, 3.63) is 46.1 Å². The molecule has 0 bridgehead atoms. The Labute approximate surface area is 139 Å². The molecule has 1 N–H and O–H groups in total. The molecule has 0 aliphatic carbocycles. The number of aromatic nitrogens is 2. The molecule has 1 aromatic carbocycles. The minimum atomic E-state index is -0.386. The number of amides is 1. The number of nitrogens with one attached hydrogen (secondary N) is 1. The van der Waals surface area contributed by atoms with E-state index >= 15 is 0 Å². The third-order valence-corrected chi connectivity index (χ3v) is 3.71. The average Bonchev–Trinajstić information content (AvgIpc) is 2.53. The van der Waals surface area contributed by atoms with E-state index in [-0.39, 0.29) is 11.6 Å². The molecule has 2 aromatic rings. The average molecular weight is 339 g/mol. The maximum Gasteiger partial charge on any atom is 0.276 e. The highest BCUT2D eigenvalue weighted by Gasteiger charge is 2.12. The third kappa shape index (κ3) is 3.87. The maximum atomic E-state index is 12.2. The molecular weight excluding hydrogens is 323 g/mol. The number of anilines is 2. The highest BCUT2D eigenvalue weighted by Crippen LogP contribution is 2.25. The van der Waals surface area contributed by atoms with Crippen LogP contribution >= 0.6 is 23.2 Å². The van der Waals surface area contributed by atoms with Crippen molar-refractivity contribution in [1.29, 1.82) is 0 Å². The second kappa shape index (κ2) is 7.42. The van der Waals surface area contributed by atoms with E-state index in [9.17, 15) is 4.79 Å². The molecule has 0 saturated heterocycles. The van der Waals surface area contributed by atoms with Gasteiger partial charge in [0.1, 0.15) is 0 Å². The van der Waals surface area contributed by atoms with E-state index in [0.717, 1.165) is 18.9 Å². The summed E-state index contributed by atoms with van der Waals surface area (Å²) in [5.74, 6) is 0.352. The van der Waals surface area contributed by atoms with Gasteiger partial charge in [0.15, 0.2) is 11.5 Å². The lowest BCUT2D eigenvalue weighted by molar-refractivity contribution is 0.102. The van der Waals surface area contributed by atoms with Gasteiger partial charge in [0, 0.05) is 18.1 Å². The number of halogens is 2.